The van der Waals surface area contributed by atoms with E-state index in [4.69, 9.17) is 19.2 Å². The van der Waals surface area contributed by atoms with Crippen molar-refractivity contribution in [2.45, 2.75) is 0 Å². The van der Waals surface area contributed by atoms with Gasteiger partial charge in [-0.05, 0) is 0 Å². The van der Waals surface area contributed by atoms with Gasteiger partial charge in [0, 0.05) is 0 Å². The summed E-state index contributed by atoms with van der Waals surface area (Å²) in [6.07, 6.45) is 0. The Morgan fingerprint density at radius 2 is 1.12 bits per heavy atom. The Labute approximate surface area is 134 Å². The summed E-state index contributed by atoms with van der Waals surface area (Å²) in [5.74, 6) is 0. The van der Waals surface area contributed by atoms with E-state index >= 15 is 0 Å². The monoisotopic (exact) mass is 191 g/mol. The van der Waals surface area contributed by atoms with Crippen LogP contribution in [0.5, 0.6) is 0 Å². The van der Waals surface area contributed by atoms with E-state index in [0.29, 0.717) is 0 Å². The van der Waals surface area contributed by atoms with Gasteiger partial charge in [0.1, 0.15) is 0 Å². The molecule has 0 aromatic carbocycles. The average molecular weight is 191 g/mol. The summed E-state index contributed by atoms with van der Waals surface area (Å²) in [5, 5.41) is 0. The average Bonchev–Trinajstić information content (AvgIpc) is 0.722. The Balaban J connectivity index is -0.0000000133. The molecular weight excluding hydrogens is 187 g/mol. The van der Waals surface area contributed by atoms with Crippen LogP contribution in [0.25, 0.3) is 0 Å². The van der Waals surface area contributed by atoms with Gasteiger partial charge >= 0.3 is 104 Å². The SMILES string of the molecule is N.O=P([O-])([O-])[O-].[H+].[K+].[K+]. The zero-order valence-corrected chi connectivity index (χ0v) is 11.9. The predicted molar refractivity (Wildman–Crippen MR) is 13.7 cm³/mol. The minimum Gasteiger partial charge on any atom is -0.822 e. The smallest absolute Gasteiger partial charge is 0.822 e. The van der Waals surface area contributed by atoms with Crippen molar-refractivity contribution in [3.8, 4) is 0 Å². The Morgan fingerprint density at radius 1 is 1.12 bits per heavy atom. The zero-order valence-electron chi connectivity index (χ0n) is 5.79. The largest absolute Gasteiger partial charge is 1.00 e. The normalized spacial score (nSPS) is 7.38. The van der Waals surface area contributed by atoms with E-state index in [0.717, 1.165) is 0 Å². The summed E-state index contributed by atoms with van der Waals surface area (Å²) in [7, 11) is -5.39. The maximum atomic E-state index is 8.55. The van der Waals surface area contributed by atoms with Crippen LogP contribution in [0, 0.1) is 0 Å². The van der Waals surface area contributed by atoms with Crippen molar-refractivity contribution in [1.29, 1.82) is 0 Å². The topological polar surface area (TPSA) is 121 Å². The fourth-order valence-corrected chi connectivity index (χ4v) is 0. The summed E-state index contributed by atoms with van der Waals surface area (Å²) >= 11 is 0. The molecular formula is H4K2NO4P. The van der Waals surface area contributed by atoms with Crippen LogP contribution < -0.4 is 124 Å². The number of hydrogen-bond acceptors (Lipinski definition) is 5. The van der Waals surface area contributed by atoms with Gasteiger partial charge in [-0.15, -0.1) is 0 Å². The molecule has 0 unspecified atom stereocenters. The Bertz CT molecular complexity index is 64.7. The molecule has 0 fully saturated rings. The van der Waals surface area contributed by atoms with Gasteiger partial charge in [0.2, 0.25) is 0 Å². The standard InChI is InChI=1S/2K.H3N.H3O4P/c;;;1-5(2,3)4/h;;1H3;(H3,1,2,3,4)/q2*+1;;/p-2. The molecule has 0 spiro atoms. The van der Waals surface area contributed by atoms with E-state index in [2.05, 4.69) is 0 Å². The molecule has 0 radical (unpaired) electrons. The van der Waals surface area contributed by atoms with E-state index in [1.54, 1.807) is 0 Å². The van der Waals surface area contributed by atoms with Crippen LogP contribution in [-0.2, 0) is 4.57 Å². The first-order valence-electron chi connectivity index (χ1n) is 0.730. The molecule has 0 aliphatic rings. The summed E-state index contributed by atoms with van der Waals surface area (Å²) in [6, 6.07) is 0. The van der Waals surface area contributed by atoms with Crippen molar-refractivity contribution < 1.29 is 123 Å². The van der Waals surface area contributed by atoms with Crippen LogP contribution in [0.4, 0.5) is 0 Å². The van der Waals surface area contributed by atoms with Crippen molar-refractivity contribution in [2.75, 3.05) is 0 Å². The molecule has 8 heavy (non-hydrogen) atoms. The molecule has 40 valence electrons. The Hall–Kier alpha value is 3.34. The van der Waals surface area contributed by atoms with Gasteiger partial charge in [-0.3, -0.25) is 0 Å². The molecule has 0 bridgehead atoms. The molecule has 3 N–H and O–H groups in total. The summed E-state index contributed by atoms with van der Waals surface area (Å²) in [6.45, 7) is 0. The summed E-state index contributed by atoms with van der Waals surface area (Å²) < 4.78 is 8.55. The van der Waals surface area contributed by atoms with Crippen molar-refractivity contribution >= 4 is 7.82 Å². The number of hydrogen-bond donors (Lipinski definition) is 1. The number of rotatable bonds is 0. The van der Waals surface area contributed by atoms with Crippen LogP contribution >= 0.6 is 7.82 Å². The minimum absolute atomic E-state index is 0. The van der Waals surface area contributed by atoms with Crippen LogP contribution in [0.15, 0.2) is 0 Å². The van der Waals surface area contributed by atoms with Gasteiger partial charge in [-0.2, -0.15) is 7.82 Å². The van der Waals surface area contributed by atoms with E-state index in [1.807, 2.05) is 0 Å². The predicted octanol–water partition coefficient (Wildman–Crippen LogP) is -8.54. The fourth-order valence-electron chi connectivity index (χ4n) is 0. The van der Waals surface area contributed by atoms with Gasteiger partial charge < -0.3 is 25.4 Å². The van der Waals surface area contributed by atoms with Crippen molar-refractivity contribution in [1.82, 2.24) is 6.15 Å². The van der Waals surface area contributed by atoms with Gasteiger partial charge in [-0.25, -0.2) is 0 Å². The molecule has 0 amide bonds. The molecule has 0 saturated heterocycles. The first-order chi connectivity index (χ1) is 2.00. The molecule has 0 aromatic rings. The van der Waals surface area contributed by atoms with E-state index in [9.17, 15) is 0 Å². The summed E-state index contributed by atoms with van der Waals surface area (Å²) in [4.78, 5) is 25.6. The van der Waals surface area contributed by atoms with E-state index in [1.165, 1.54) is 0 Å². The molecule has 0 aliphatic heterocycles. The first kappa shape index (κ1) is 22.5. The third kappa shape index (κ3) is 58.2. The van der Waals surface area contributed by atoms with Gasteiger partial charge in [0.25, 0.3) is 0 Å². The maximum absolute atomic E-state index is 8.55. The molecule has 0 aliphatic carbocycles. The third-order valence-electron chi connectivity index (χ3n) is 0. The second kappa shape index (κ2) is 10.3. The molecule has 0 rings (SSSR count). The number of phosphoric acid groups is 1. The van der Waals surface area contributed by atoms with E-state index < -0.39 is 7.82 Å². The third-order valence-corrected chi connectivity index (χ3v) is 0. The van der Waals surface area contributed by atoms with Crippen molar-refractivity contribution in [3.63, 3.8) is 0 Å². The molecule has 0 heterocycles. The second-order valence-corrected chi connectivity index (χ2v) is 1.34. The molecule has 0 saturated carbocycles. The van der Waals surface area contributed by atoms with Crippen LogP contribution in [-0.4, -0.2) is 0 Å². The maximum Gasteiger partial charge on any atom is 1.00 e. The molecule has 0 atom stereocenters. The fraction of sp³-hybridized carbons (Fsp3) is 0. The van der Waals surface area contributed by atoms with Gasteiger partial charge in [0.05, 0.1) is 0 Å². The summed E-state index contributed by atoms with van der Waals surface area (Å²) in [5.41, 5.74) is 0. The molecule has 8 heteroatoms. The van der Waals surface area contributed by atoms with Crippen molar-refractivity contribution in [2.24, 2.45) is 0 Å². The van der Waals surface area contributed by atoms with Gasteiger partial charge in [0.15, 0.2) is 0 Å². The Kier molecular flexibility index (Phi) is 29.1. The van der Waals surface area contributed by atoms with Crippen LogP contribution in [0.3, 0.4) is 0 Å². The van der Waals surface area contributed by atoms with Crippen LogP contribution in [0.2, 0.25) is 0 Å². The quantitative estimate of drug-likeness (QED) is 0.301. The van der Waals surface area contributed by atoms with Gasteiger partial charge in [-0.1, -0.05) is 0 Å². The first-order valence-corrected chi connectivity index (χ1v) is 2.19. The Morgan fingerprint density at radius 3 is 1.12 bits per heavy atom. The zero-order chi connectivity index (χ0) is 4.50. The van der Waals surface area contributed by atoms with Crippen molar-refractivity contribution in [3.05, 3.63) is 0 Å². The second-order valence-electron chi connectivity index (χ2n) is 0.447. The molecule has 0 aromatic heterocycles. The van der Waals surface area contributed by atoms with Crippen LogP contribution in [0.1, 0.15) is 1.43 Å². The van der Waals surface area contributed by atoms with E-state index in [-0.39, 0.29) is 110 Å². The molecule has 5 nitrogen and oxygen atoms in total. The minimum atomic E-state index is -5.39.